The second-order valence-corrected chi connectivity index (χ2v) is 5.77. The van der Waals surface area contributed by atoms with Crippen LogP contribution in [0.1, 0.15) is 23.6 Å². The highest BCUT2D eigenvalue weighted by atomic mass is 32.1. The topological polar surface area (TPSA) is 15.3 Å². The van der Waals surface area contributed by atoms with Gasteiger partial charge in [0.05, 0.1) is 0 Å². The van der Waals surface area contributed by atoms with E-state index < -0.39 is 0 Å². The summed E-state index contributed by atoms with van der Waals surface area (Å²) in [7, 11) is 0. The van der Waals surface area contributed by atoms with Gasteiger partial charge in [0, 0.05) is 18.8 Å². The number of anilines is 1. The molecule has 3 rings (SSSR count). The zero-order valence-electron chi connectivity index (χ0n) is 12.3. The lowest BCUT2D eigenvalue weighted by Gasteiger charge is -2.31. The maximum absolute atomic E-state index is 5.61. The summed E-state index contributed by atoms with van der Waals surface area (Å²) in [5.41, 5.74) is 5.27. The maximum Gasteiger partial charge on any atom is 0.173 e. The van der Waals surface area contributed by atoms with Crippen LogP contribution in [0.2, 0.25) is 0 Å². The summed E-state index contributed by atoms with van der Waals surface area (Å²) in [6, 6.07) is 17.0. The van der Waals surface area contributed by atoms with E-state index >= 15 is 0 Å². The van der Waals surface area contributed by atoms with E-state index in [1.54, 1.807) is 0 Å². The van der Waals surface area contributed by atoms with Crippen LogP contribution in [0.25, 0.3) is 0 Å². The molecule has 2 nitrogen and oxygen atoms in total. The third-order valence-corrected chi connectivity index (χ3v) is 4.42. The first-order chi connectivity index (χ1) is 10.3. The van der Waals surface area contributed by atoms with Gasteiger partial charge in [0.25, 0.3) is 0 Å². The molecule has 0 bridgehead atoms. The largest absolute Gasteiger partial charge is 0.344 e. The van der Waals surface area contributed by atoms with Crippen LogP contribution in [-0.2, 0) is 19.4 Å². The average Bonchev–Trinajstić information content (AvgIpc) is 2.55. The lowest BCUT2D eigenvalue weighted by Crippen LogP contribution is -2.38. The molecule has 0 aromatic heterocycles. The monoisotopic (exact) mass is 296 g/mol. The van der Waals surface area contributed by atoms with E-state index in [-0.39, 0.29) is 0 Å². The Labute approximate surface area is 131 Å². The van der Waals surface area contributed by atoms with Gasteiger partial charge in [0.15, 0.2) is 5.11 Å². The second kappa shape index (κ2) is 6.27. The van der Waals surface area contributed by atoms with Crippen LogP contribution in [-0.4, -0.2) is 16.6 Å². The van der Waals surface area contributed by atoms with Crippen molar-refractivity contribution in [1.82, 2.24) is 4.90 Å². The van der Waals surface area contributed by atoms with Gasteiger partial charge in [-0.2, -0.15) is 0 Å². The van der Waals surface area contributed by atoms with E-state index in [9.17, 15) is 0 Å². The Morgan fingerprint density at radius 2 is 1.81 bits per heavy atom. The summed E-state index contributed by atoms with van der Waals surface area (Å²) in [4.78, 5) is 2.25. The first kappa shape index (κ1) is 14.1. The fourth-order valence-corrected chi connectivity index (χ4v) is 3.08. The fourth-order valence-electron chi connectivity index (χ4n) is 2.81. The van der Waals surface area contributed by atoms with Crippen LogP contribution >= 0.6 is 12.2 Å². The molecule has 0 atom stereocenters. The Balaban J connectivity index is 1.72. The number of aryl methyl sites for hydroxylation is 1. The van der Waals surface area contributed by atoms with Gasteiger partial charge in [0.1, 0.15) is 0 Å². The average molecular weight is 296 g/mol. The summed E-state index contributed by atoms with van der Waals surface area (Å²) in [5.74, 6) is 0. The lowest BCUT2D eigenvalue weighted by molar-refractivity contribution is 0.399. The van der Waals surface area contributed by atoms with Crippen molar-refractivity contribution >= 4 is 23.0 Å². The standard InChI is InChI=1S/C18H20N2S/c1-2-14-7-5-6-10-17(14)19-18(21)20-12-11-15-8-3-4-9-16(15)13-20/h3-10H,2,11-13H2,1H3,(H,19,21). The van der Waals surface area contributed by atoms with Gasteiger partial charge in [-0.3, -0.25) is 0 Å². The van der Waals surface area contributed by atoms with Gasteiger partial charge in [0.2, 0.25) is 0 Å². The third-order valence-electron chi connectivity index (χ3n) is 4.06. The van der Waals surface area contributed by atoms with Gasteiger partial charge in [-0.25, -0.2) is 0 Å². The summed E-state index contributed by atoms with van der Waals surface area (Å²) >= 11 is 5.61. The van der Waals surface area contributed by atoms with Crippen molar-refractivity contribution in [2.24, 2.45) is 0 Å². The summed E-state index contributed by atoms with van der Waals surface area (Å²) in [6.07, 6.45) is 2.07. The number of hydrogen-bond acceptors (Lipinski definition) is 1. The van der Waals surface area contributed by atoms with E-state index in [0.717, 1.165) is 36.7 Å². The van der Waals surface area contributed by atoms with Crippen LogP contribution in [0, 0.1) is 0 Å². The molecule has 21 heavy (non-hydrogen) atoms. The highest BCUT2D eigenvalue weighted by Gasteiger charge is 2.18. The normalized spacial score (nSPS) is 13.7. The fraction of sp³-hybridized carbons (Fsp3) is 0.278. The first-order valence-electron chi connectivity index (χ1n) is 7.48. The van der Waals surface area contributed by atoms with E-state index in [1.807, 2.05) is 0 Å². The molecule has 0 aliphatic carbocycles. The number of fused-ring (bicyclic) bond motifs is 1. The Bertz CT molecular complexity index is 651. The molecule has 2 aromatic rings. The molecule has 0 saturated carbocycles. The van der Waals surface area contributed by atoms with Crippen molar-refractivity contribution in [3.63, 3.8) is 0 Å². The molecule has 1 aliphatic heterocycles. The molecule has 0 saturated heterocycles. The number of benzene rings is 2. The van der Waals surface area contributed by atoms with E-state index in [1.165, 1.54) is 16.7 Å². The molecule has 0 fully saturated rings. The van der Waals surface area contributed by atoms with Gasteiger partial charge in [-0.05, 0) is 47.8 Å². The number of thiocarbonyl (C=S) groups is 1. The highest BCUT2D eigenvalue weighted by Crippen LogP contribution is 2.21. The molecule has 1 N–H and O–H groups in total. The molecule has 3 heteroatoms. The number of rotatable bonds is 2. The Morgan fingerprint density at radius 3 is 2.62 bits per heavy atom. The highest BCUT2D eigenvalue weighted by molar-refractivity contribution is 7.80. The number of nitrogens with zero attached hydrogens (tertiary/aromatic N) is 1. The summed E-state index contributed by atoms with van der Waals surface area (Å²) in [5, 5.41) is 4.24. The predicted octanol–water partition coefficient (Wildman–Crippen LogP) is 4.00. The van der Waals surface area contributed by atoms with Crippen LogP contribution < -0.4 is 5.32 Å². The molecular weight excluding hydrogens is 276 g/mol. The Hall–Kier alpha value is -1.87. The van der Waals surface area contributed by atoms with Crippen molar-refractivity contribution in [3.05, 3.63) is 65.2 Å². The molecule has 1 heterocycles. The SMILES string of the molecule is CCc1ccccc1NC(=S)N1CCc2ccccc2C1. The van der Waals surface area contributed by atoms with Crippen molar-refractivity contribution in [1.29, 1.82) is 0 Å². The van der Waals surface area contributed by atoms with Crippen LogP contribution in [0.15, 0.2) is 48.5 Å². The van der Waals surface area contributed by atoms with E-state index in [4.69, 9.17) is 12.2 Å². The lowest BCUT2D eigenvalue weighted by atomic mass is 10.0. The molecule has 1 aliphatic rings. The van der Waals surface area contributed by atoms with E-state index in [2.05, 4.69) is 65.7 Å². The summed E-state index contributed by atoms with van der Waals surface area (Å²) < 4.78 is 0. The molecule has 0 radical (unpaired) electrons. The second-order valence-electron chi connectivity index (χ2n) is 5.38. The quantitative estimate of drug-likeness (QED) is 0.843. The first-order valence-corrected chi connectivity index (χ1v) is 7.89. The van der Waals surface area contributed by atoms with Crippen LogP contribution in [0.5, 0.6) is 0 Å². The third kappa shape index (κ3) is 3.08. The Morgan fingerprint density at radius 1 is 1.10 bits per heavy atom. The van der Waals surface area contributed by atoms with Crippen molar-refractivity contribution in [2.75, 3.05) is 11.9 Å². The summed E-state index contributed by atoms with van der Waals surface area (Å²) in [6.45, 7) is 4.05. The minimum absolute atomic E-state index is 0.824. The van der Waals surface area contributed by atoms with Gasteiger partial charge in [-0.15, -0.1) is 0 Å². The van der Waals surface area contributed by atoms with Crippen molar-refractivity contribution < 1.29 is 0 Å². The molecular formula is C18H20N2S. The van der Waals surface area contributed by atoms with Crippen molar-refractivity contribution in [2.45, 2.75) is 26.3 Å². The van der Waals surface area contributed by atoms with Gasteiger partial charge >= 0.3 is 0 Å². The van der Waals surface area contributed by atoms with Gasteiger partial charge in [-0.1, -0.05) is 49.4 Å². The zero-order valence-corrected chi connectivity index (χ0v) is 13.1. The molecule has 0 unspecified atom stereocenters. The maximum atomic E-state index is 5.61. The molecule has 2 aromatic carbocycles. The van der Waals surface area contributed by atoms with Crippen LogP contribution in [0.3, 0.4) is 0 Å². The zero-order chi connectivity index (χ0) is 14.7. The number of para-hydroxylation sites is 1. The van der Waals surface area contributed by atoms with Gasteiger partial charge < -0.3 is 10.2 Å². The minimum Gasteiger partial charge on any atom is -0.344 e. The Kier molecular flexibility index (Phi) is 4.20. The van der Waals surface area contributed by atoms with E-state index in [0.29, 0.717) is 0 Å². The number of hydrogen-bond donors (Lipinski definition) is 1. The smallest absolute Gasteiger partial charge is 0.173 e. The number of nitrogens with one attached hydrogen (secondary N) is 1. The molecule has 108 valence electrons. The predicted molar refractivity (Wildman–Crippen MR) is 92.6 cm³/mol. The molecule has 0 amide bonds. The van der Waals surface area contributed by atoms with Crippen molar-refractivity contribution in [3.8, 4) is 0 Å². The van der Waals surface area contributed by atoms with Crippen LogP contribution in [0.4, 0.5) is 5.69 Å². The molecule has 0 spiro atoms. The minimum atomic E-state index is 0.824.